The molecule has 0 N–H and O–H groups in total. The molecule has 0 amide bonds. The highest BCUT2D eigenvalue weighted by Gasteiger charge is 2.18. The van der Waals surface area contributed by atoms with E-state index in [0.29, 0.717) is 18.1 Å². The Bertz CT molecular complexity index is 339. The average Bonchev–Trinajstić information content (AvgIpc) is 2.77. The highest BCUT2D eigenvalue weighted by atomic mass is 16.5. The third kappa shape index (κ3) is 2.89. The van der Waals surface area contributed by atoms with Gasteiger partial charge in [0.1, 0.15) is 11.5 Å². The number of carbonyl (C=O) groups is 1. The van der Waals surface area contributed by atoms with E-state index in [1.165, 1.54) is 0 Å². The molecule has 15 heavy (non-hydrogen) atoms. The van der Waals surface area contributed by atoms with Gasteiger partial charge in [-0.2, -0.15) is 0 Å². The van der Waals surface area contributed by atoms with Crippen LogP contribution in [0.25, 0.3) is 0 Å². The first kappa shape index (κ1) is 10.4. The second-order valence-electron chi connectivity index (χ2n) is 4.03. The summed E-state index contributed by atoms with van der Waals surface area (Å²) in [5.74, 6) is 2.01. The Morgan fingerprint density at radius 1 is 1.67 bits per heavy atom. The lowest BCUT2D eigenvalue weighted by molar-refractivity contribution is -0.116. The van der Waals surface area contributed by atoms with Crippen LogP contribution in [0.15, 0.2) is 10.6 Å². The molecule has 2 rings (SSSR count). The zero-order valence-corrected chi connectivity index (χ0v) is 8.86. The van der Waals surface area contributed by atoms with Crippen LogP contribution in [0.5, 0.6) is 0 Å². The fraction of sp³-hybridized carbons (Fsp3) is 0.636. The number of ether oxygens (including phenoxy) is 1. The minimum atomic E-state index is 0.0990. The minimum absolute atomic E-state index is 0.0990. The maximum atomic E-state index is 10.9. The lowest BCUT2D eigenvalue weighted by atomic mass is 10.1. The molecule has 1 fully saturated rings. The molecule has 4 nitrogen and oxygen atoms in total. The SMILES string of the molecule is CC(=O)Cc1cnc(CC2CCOC2)o1. The van der Waals surface area contributed by atoms with Crippen molar-refractivity contribution in [1.82, 2.24) is 4.98 Å². The van der Waals surface area contributed by atoms with Crippen LogP contribution in [-0.2, 0) is 22.4 Å². The number of nitrogens with zero attached hydrogens (tertiary/aromatic N) is 1. The van der Waals surface area contributed by atoms with Crippen molar-refractivity contribution in [3.8, 4) is 0 Å². The van der Waals surface area contributed by atoms with Crippen LogP contribution in [0, 0.1) is 5.92 Å². The topological polar surface area (TPSA) is 52.3 Å². The lowest BCUT2D eigenvalue weighted by Gasteiger charge is -2.02. The summed E-state index contributed by atoms with van der Waals surface area (Å²) in [4.78, 5) is 15.0. The first-order valence-corrected chi connectivity index (χ1v) is 5.25. The predicted molar refractivity (Wildman–Crippen MR) is 53.5 cm³/mol. The summed E-state index contributed by atoms with van der Waals surface area (Å²) in [6.45, 7) is 3.18. The lowest BCUT2D eigenvalue weighted by Crippen LogP contribution is -2.03. The van der Waals surface area contributed by atoms with Crippen LogP contribution in [0.4, 0.5) is 0 Å². The van der Waals surface area contributed by atoms with Gasteiger partial charge in [-0.05, 0) is 19.3 Å². The molecule has 1 saturated heterocycles. The fourth-order valence-electron chi connectivity index (χ4n) is 1.76. The van der Waals surface area contributed by atoms with E-state index in [2.05, 4.69) is 4.98 Å². The molecule has 0 aliphatic carbocycles. The third-order valence-electron chi connectivity index (χ3n) is 2.51. The normalized spacial score (nSPS) is 20.7. The van der Waals surface area contributed by atoms with E-state index < -0.39 is 0 Å². The van der Waals surface area contributed by atoms with E-state index in [1.54, 1.807) is 13.1 Å². The highest BCUT2D eigenvalue weighted by Crippen LogP contribution is 2.18. The van der Waals surface area contributed by atoms with Gasteiger partial charge in [-0.1, -0.05) is 0 Å². The third-order valence-corrected chi connectivity index (χ3v) is 2.51. The second-order valence-corrected chi connectivity index (χ2v) is 4.03. The number of oxazole rings is 1. The molecular weight excluding hydrogens is 194 g/mol. The van der Waals surface area contributed by atoms with Gasteiger partial charge in [-0.3, -0.25) is 4.79 Å². The summed E-state index contributed by atoms with van der Waals surface area (Å²) in [6, 6.07) is 0. The quantitative estimate of drug-likeness (QED) is 0.751. The first-order valence-electron chi connectivity index (χ1n) is 5.25. The van der Waals surface area contributed by atoms with Crippen LogP contribution < -0.4 is 0 Å². The Morgan fingerprint density at radius 3 is 3.20 bits per heavy atom. The smallest absolute Gasteiger partial charge is 0.194 e. The molecule has 0 radical (unpaired) electrons. The molecule has 0 spiro atoms. The van der Waals surface area contributed by atoms with Crippen molar-refractivity contribution in [2.75, 3.05) is 13.2 Å². The van der Waals surface area contributed by atoms with Gasteiger partial charge in [-0.15, -0.1) is 0 Å². The van der Waals surface area contributed by atoms with E-state index >= 15 is 0 Å². The van der Waals surface area contributed by atoms with Crippen molar-refractivity contribution >= 4 is 5.78 Å². The Hall–Kier alpha value is -1.16. The Balaban J connectivity index is 1.91. The highest BCUT2D eigenvalue weighted by molar-refractivity contribution is 5.77. The average molecular weight is 209 g/mol. The maximum absolute atomic E-state index is 10.9. The molecule has 1 unspecified atom stereocenters. The summed E-state index contributed by atoms with van der Waals surface area (Å²) in [7, 11) is 0. The Kier molecular flexibility index (Phi) is 3.16. The summed E-state index contributed by atoms with van der Waals surface area (Å²) >= 11 is 0. The molecule has 1 atom stereocenters. The number of hydrogen-bond acceptors (Lipinski definition) is 4. The van der Waals surface area contributed by atoms with E-state index in [9.17, 15) is 4.79 Å². The first-order chi connectivity index (χ1) is 7.24. The zero-order chi connectivity index (χ0) is 10.7. The molecular formula is C11H15NO3. The van der Waals surface area contributed by atoms with Gasteiger partial charge in [0, 0.05) is 19.6 Å². The molecule has 2 heterocycles. The minimum Gasteiger partial charge on any atom is -0.445 e. The maximum Gasteiger partial charge on any atom is 0.194 e. The van der Waals surface area contributed by atoms with Gasteiger partial charge < -0.3 is 9.15 Å². The number of carbonyl (C=O) groups excluding carboxylic acids is 1. The van der Waals surface area contributed by atoms with Gasteiger partial charge in [0.15, 0.2) is 5.89 Å². The van der Waals surface area contributed by atoms with Crippen LogP contribution >= 0.6 is 0 Å². The van der Waals surface area contributed by atoms with Crippen LogP contribution in [-0.4, -0.2) is 24.0 Å². The summed E-state index contributed by atoms with van der Waals surface area (Å²) in [6.07, 6.45) is 3.88. The Morgan fingerprint density at radius 2 is 2.53 bits per heavy atom. The van der Waals surface area contributed by atoms with E-state index in [-0.39, 0.29) is 5.78 Å². The number of rotatable bonds is 4. The monoisotopic (exact) mass is 209 g/mol. The predicted octanol–water partition coefficient (Wildman–Crippen LogP) is 1.39. The molecule has 82 valence electrons. The number of aromatic nitrogens is 1. The van der Waals surface area contributed by atoms with Crippen LogP contribution in [0.3, 0.4) is 0 Å². The van der Waals surface area contributed by atoms with Crippen molar-refractivity contribution < 1.29 is 13.9 Å². The van der Waals surface area contributed by atoms with Crippen LogP contribution in [0.1, 0.15) is 25.0 Å². The summed E-state index contributed by atoms with van der Waals surface area (Å²) < 4.78 is 10.7. The second kappa shape index (κ2) is 4.57. The molecule has 1 aromatic rings. The van der Waals surface area contributed by atoms with Gasteiger partial charge in [0.2, 0.25) is 0 Å². The summed E-state index contributed by atoms with van der Waals surface area (Å²) in [5.41, 5.74) is 0. The van der Waals surface area contributed by atoms with Crippen LogP contribution in [0.2, 0.25) is 0 Å². The van der Waals surface area contributed by atoms with Gasteiger partial charge in [-0.25, -0.2) is 4.98 Å². The van der Waals surface area contributed by atoms with Gasteiger partial charge >= 0.3 is 0 Å². The van der Waals surface area contributed by atoms with Gasteiger partial charge in [0.05, 0.1) is 12.6 Å². The number of hydrogen-bond donors (Lipinski definition) is 0. The van der Waals surface area contributed by atoms with E-state index in [0.717, 1.165) is 31.9 Å². The summed E-state index contributed by atoms with van der Waals surface area (Å²) in [5, 5.41) is 0. The van der Waals surface area contributed by atoms with E-state index in [1.807, 2.05) is 0 Å². The van der Waals surface area contributed by atoms with Crippen molar-refractivity contribution in [1.29, 1.82) is 0 Å². The number of Topliss-reactive ketones (excluding diaryl/α,β-unsaturated/α-hetero) is 1. The number of ketones is 1. The largest absolute Gasteiger partial charge is 0.445 e. The van der Waals surface area contributed by atoms with Crippen molar-refractivity contribution in [3.63, 3.8) is 0 Å². The van der Waals surface area contributed by atoms with Crippen molar-refractivity contribution in [2.24, 2.45) is 5.92 Å². The van der Waals surface area contributed by atoms with Crippen molar-refractivity contribution in [2.45, 2.75) is 26.2 Å². The zero-order valence-electron chi connectivity index (χ0n) is 8.86. The van der Waals surface area contributed by atoms with Gasteiger partial charge in [0.25, 0.3) is 0 Å². The Labute approximate surface area is 88.6 Å². The molecule has 0 saturated carbocycles. The molecule has 0 aromatic carbocycles. The molecule has 1 aliphatic rings. The van der Waals surface area contributed by atoms with E-state index in [4.69, 9.17) is 9.15 Å². The molecule has 1 aliphatic heterocycles. The molecule has 4 heteroatoms. The van der Waals surface area contributed by atoms with Crippen molar-refractivity contribution in [3.05, 3.63) is 17.8 Å². The molecule has 1 aromatic heterocycles. The standard InChI is InChI=1S/C11H15NO3/c1-8(13)4-10-6-12-11(15-10)5-9-2-3-14-7-9/h6,9H,2-5,7H2,1H3. The molecule has 0 bridgehead atoms. The fourth-order valence-corrected chi connectivity index (χ4v) is 1.76.